The molecular weight excluding hydrogens is 501 g/mol. The number of halogens is 9. The quantitative estimate of drug-likeness (QED) is 0.505. The summed E-state index contributed by atoms with van der Waals surface area (Å²) in [5.41, 5.74) is -4.25. The molecule has 1 amide bonds. The van der Waals surface area contributed by atoms with Gasteiger partial charge in [0.25, 0.3) is 5.41 Å². The predicted octanol–water partition coefficient (Wildman–Crippen LogP) is 5.65. The Kier molecular flexibility index (Phi) is 6.46. The summed E-state index contributed by atoms with van der Waals surface area (Å²) in [5, 5.41) is 9.55. The number of carbonyl (C=O) groups excluding carboxylic acids is 1. The third kappa shape index (κ3) is 4.25. The Morgan fingerprint density at radius 1 is 0.800 bits per heavy atom. The fourth-order valence-corrected chi connectivity index (χ4v) is 4.09. The van der Waals surface area contributed by atoms with Crippen LogP contribution in [0.4, 0.5) is 44.3 Å². The Morgan fingerprint density at radius 2 is 1.20 bits per heavy atom. The lowest BCUT2D eigenvalue weighted by atomic mass is 9.77. The van der Waals surface area contributed by atoms with Gasteiger partial charge in [0.05, 0.1) is 0 Å². The number of carboxylic acids is 1. The average molecular weight is 515 g/mol. The van der Waals surface area contributed by atoms with Crippen LogP contribution < -0.4 is 5.32 Å². The van der Waals surface area contributed by atoms with Crippen LogP contribution in [0.15, 0.2) is 48.5 Å². The van der Waals surface area contributed by atoms with E-state index in [-0.39, 0.29) is 0 Å². The summed E-state index contributed by atoms with van der Waals surface area (Å²) in [5.74, 6) is -3.97. The summed E-state index contributed by atoms with van der Waals surface area (Å²) in [6.45, 7) is -0.705. The number of hydrogen-bond donors (Lipinski definition) is 2. The van der Waals surface area contributed by atoms with E-state index < -0.39 is 54.6 Å². The third-order valence-corrected chi connectivity index (χ3v) is 5.63. The SMILES string of the molecule is O=C(N[C@H](C(=O)O)C(C(F)(F)F)(C(F)(F)F)C(F)(F)F)OCC1c2ccccc2-c2ccccc21. The van der Waals surface area contributed by atoms with E-state index in [0.29, 0.717) is 27.6 Å². The molecule has 0 unspecified atom stereocenters. The second-order valence-corrected chi connectivity index (χ2v) is 7.54. The number of carbonyl (C=O) groups is 2. The van der Waals surface area contributed by atoms with Crippen molar-refractivity contribution in [3.63, 3.8) is 0 Å². The topological polar surface area (TPSA) is 75.6 Å². The molecule has 2 aromatic carbocycles. The first-order valence-corrected chi connectivity index (χ1v) is 9.58. The molecule has 1 aliphatic rings. The number of rotatable bonds is 5. The highest BCUT2D eigenvalue weighted by Crippen LogP contribution is 2.61. The van der Waals surface area contributed by atoms with Crippen molar-refractivity contribution < 1.29 is 58.9 Å². The van der Waals surface area contributed by atoms with Crippen LogP contribution in [0.25, 0.3) is 11.1 Å². The Bertz CT molecular complexity index is 1040. The molecule has 35 heavy (non-hydrogen) atoms. The second kappa shape index (κ2) is 8.64. The highest BCUT2D eigenvalue weighted by molar-refractivity contribution is 5.82. The van der Waals surface area contributed by atoms with Crippen molar-refractivity contribution in [3.05, 3.63) is 59.7 Å². The molecule has 0 radical (unpaired) electrons. The van der Waals surface area contributed by atoms with Crippen LogP contribution in [0, 0.1) is 5.41 Å². The molecule has 0 saturated heterocycles. The van der Waals surface area contributed by atoms with E-state index in [2.05, 4.69) is 4.74 Å². The first-order chi connectivity index (χ1) is 16.0. The van der Waals surface area contributed by atoms with Crippen molar-refractivity contribution in [2.24, 2.45) is 5.41 Å². The predicted molar refractivity (Wildman–Crippen MR) is 100 cm³/mol. The number of aliphatic carboxylic acids is 1. The molecule has 1 aliphatic carbocycles. The zero-order valence-corrected chi connectivity index (χ0v) is 17.1. The van der Waals surface area contributed by atoms with Gasteiger partial charge in [0.2, 0.25) is 0 Å². The number of hydrogen-bond acceptors (Lipinski definition) is 3. The van der Waals surface area contributed by atoms with E-state index in [4.69, 9.17) is 5.11 Å². The third-order valence-electron chi connectivity index (χ3n) is 5.63. The van der Waals surface area contributed by atoms with E-state index in [0.717, 1.165) is 0 Å². The van der Waals surface area contributed by atoms with Crippen LogP contribution in [-0.4, -0.2) is 48.3 Å². The Balaban J connectivity index is 1.91. The van der Waals surface area contributed by atoms with Crippen molar-refractivity contribution in [3.8, 4) is 11.1 Å². The summed E-state index contributed by atoms with van der Waals surface area (Å²) in [6, 6.07) is 8.73. The number of amides is 1. The van der Waals surface area contributed by atoms with Crippen molar-refractivity contribution in [1.29, 1.82) is 0 Å². The van der Waals surface area contributed by atoms with Crippen molar-refractivity contribution in [2.45, 2.75) is 30.5 Å². The highest BCUT2D eigenvalue weighted by atomic mass is 19.4. The molecule has 1 atom stereocenters. The minimum atomic E-state index is -7.19. The Labute approximate surface area is 190 Å². The number of ether oxygens (including phenoxy) is 1. The molecule has 0 heterocycles. The molecule has 2 N–H and O–H groups in total. The van der Waals surface area contributed by atoms with Gasteiger partial charge in [-0.05, 0) is 22.3 Å². The van der Waals surface area contributed by atoms with Crippen LogP contribution in [0.2, 0.25) is 0 Å². The molecule has 5 nitrogen and oxygen atoms in total. The molecular formula is C21H14F9NO4. The van der Waals surface area contributed by atoms with E-state index in [1.54, 1.807) is 48.5 Å². The highest BCUT2D eigenvalue weighted by Gasteiger charge is 2.88. The summed E-state index contributed by atoms with van der Waals surface area (Å²) in [4.78, 5) is 23.3. The number of nitrogens with one attached hydrogen (secondary N) is 1. The lowest BCUT2D eigenvalue weighted by Crippen LogP contribution is -2.71. The largest absolute Gasteiger partial charge is 0.480 e. The molecule has 0 fully saturated rings. The van der Waals surface area contributed by atoms with Gasteiger partial charge < -0.3 is 15.2 Å². The van der Waals surface area contributed by atoms with Crippen molar-refractivity contribution in [1.82, 2.24) is 5.32 Å². The molecule has 190 valence electrons. The van der Waals surface area contributed by atoms with Gasteiger partial charge in [0, 0.05) is 5.92 Å². The second-order valence-electron chi connectivity index (χ2n) is 7.54. The molecule has 0 bridgehead atoms. The minimum absolute atomic E-state index is 0.575. The average Bonchev–Trinajstić information content (AvgIpc) is 3.02. The molecule has 3 rings (SSSR count). The van der Waals surface area contributed by atoms with Crippen LogP contribution in [0.3, 0.4) is 0 Å². The first kappa shape index (κ1) is 26.2. The summed E-state index contributed by atoms with van der Waals surface area (Å²) >= 11 is 0. The van der Waals surface area contributed by atoms with Gasteiger partial charge in [0.1, 0.15) is 6.61 Å². The maximum Gasteiger partial charge on any atom is 0.414 e. The molecule has 0 aliphatic heterocycles. The van der Waals surface area contributed by atoms with Gasteiger partial charge in [-0.15, -0.1) is 0 Å². The van der Waals surface area contributed by atoms with Crippen molar-refractivity contribution >= 4 is 12.1 Å². The summed E-state index contributed by atoms with van der Waals surface area (Å²) in [7, 11) is 0. The summed E-state index contributed by atoms with van der Waals surface area (Å²) < 4.78 is 124. The maximum atomic E-state index is 13.3. The number of alkyl halides is 9. The number of benzene rings is 2. The molecule has 0 saturated carbocycles. The zero-order chi connectivity index (χ0) is 26.4. The summed E-state index contributed by atoms with van der Waals surface area (Å²) in [6.07, 6.45) is -23.8. The maximum absolute atomic E-state index is 13.3. The van der Waals surface area contributed by atoms with Gasteiger partial charge >= 0.3 is 30.6 Å². The Hall–Kier alpha value is -3.45. The lowest BCUT2D eigenvalue weighted by molar-refractivity contribution is -0.431. The number of alkyl carbamates (subject to hydrolysis) is 1. The van der Waals surface area contributed by atoms with Crippen LogP contribution in [-0.2, 0) is 9.53 Å². The van der Waals surface area contributed by atoms with Gasteiger partial charge in [-0.2, -0.15) is 39.5 Å². The van der Waals surface area contributed by atoms with Gasteiger partial charge in [-0.25, -0.2) is 9.59 Å². The zero-order valence-electron chi connectivity index (χ0n) is 17.1. The molecule has 14 heteroatoms. The monoisotopic (exact) mass is 515 g/mol. The van der Waals surface area contributed by atoms with E-state index in [1.165, 1.54) is 0 Å². The minimum Gasteiger partial charge on any atom is -0.480 e. The van der Waals surface area contributed by atoms with Crippen molar-refractivity contribution in [2.75, 3.05) is 6.61 Å². The standard InChI is InChI=1S/C21H14F9NO4/c22-19(23,24)18(20(25,26)27,21(28,29)30)15(16(32)33)31-17(34)35-9-14-12-7-3-1-5-10(12)11-6-2-4-8-13(11)14/h1-8,14-15H,9H2,(H,31,34)(H,32,33)/t15-/m1/s1. The normalized spacial score (nSPS) is 15.2. The molecule has 0 spiro atoms. The van der Waals surface area contributed by atoms with Crippen LogP contribution in [0.5, 0.6) is 0 Å². The number of fused-ring (bicyclic) bond motifs is 3. The fourth-order valence-electron chi connectivity index (χ4n) is 4.09. The molecule has 2 aromatic rings. The first-order valence-electron chi connectivity index (χ1n) is 9.58. The lowest BCUT2D eigenvalue weighted by Gasteiger charge is -2.41. The van der Waals surface area contributed by atoms with E-state index >= 15 is 0 Å². The van der Waals surface area contributed by atoms with E-state index in [1.807, 2.05) is 0 Å². The van der Waals surface area contributed by atoms with Gasteiger partial charge in [0.15, 0.2) is 6.04 Å². The fraction of sp³-hybridized carbons (Fsp3) is 0.333. The Morgan fingerprint density at radius 3 is 1.57 bits per heavy atom. The van der Waals surface area contributed by atoms with Gasteiger partial charge in [-0.1, -0.05) is 48.5 Å². The van der Waals surface area contributed by atoms with E-state index in [9.17, 15) is 49.1 Å². The number of carboxylic acid groups (broad SMARTS) is 1. The molecule has 0 aromatic heterocycles. The smallest absolute Gasteiger partial charge is 0.414 e. The van der Waals surface area contributed by atoms with Crippen LogP contribution >= 0.6 is 0 Å². The van der Waals surface area contributed by atoms with Crippen LogP contribution in [0.1, 0.15) is 17.0 Å². The van der Waals surface area contributed by atoms with Gasteiger partial charge in [-0.3, -0.25) is 0 Å².